The van der Waals surface area contributed by atoms with Gasteiger partial charge in [0, 0.05) is 23.9 Å². The molecule has 0 unspecified atom stereocenters. The average molecular weight is 310 g/mol. The molecule has 0 bridgehead atoms. The first-order valence-electron chi connectivity index (χ1n) is 7.61. The number of nitrogens with one attached hydrogen (secondary N) is 1. The summed E-state index contributed by atoms with van der Waals surface area (Å²) in [5, 5.41) is 10.2. The van der Waals surface area contributed by atoms with Crippen LogP contribution in [0.1, 0.15) is 17.1 Å². The number of benzene rings is 1. The highest BCUT2D eigenvalue weighted by atomic mass is 32.1. The first kappa shape index (κ1) is 13.7. The van der Waals surface area contributed by atoms with Crippen LogP contribution in [0.2, 0.25) is 0 Å². The number of fused-ring (bicyclic) bond motifs is 1. The van der Waals surface area contributed by atoms with Crippen molar-refractivity contribution in [3.63, 3.8) is 0 Å². The maximum atomic E-state index is 4.27. The smallest absolute Gasteiger partial charge is 0.138 e. The molecule has 1 N–H and O–H groups in total. The Labute approximate surface area is 133 Å². The first-order valence-corrected chi connectivity index (χ1v) is 8.49. The summed E-state index contributed by atoms with van der Waals surface area (Å²) in [4.78, 5) is 5.65. The minimum absolute atomic E-state index is 0.483. The van der Waals surface area contributed by atoms with Crippen LogP contribution in [0.5, 0.6) is 0 Å². The molecule has 112 valence electrons. The second kappa shape index (κ2) is 6.02. The Balaban J connectivity index is 1.38. The Morgan fingerprint density at radius 3 is 3.05 bits per heavy atom. The van der Waals surface area contributed by atoms with E-state index in [2.05, 4.69) is 57.2 Å². The maximum absolute atomic E-state index is 4.27. The molecule has 2 aromatic heterocycles. The Morgan fingerprint density at radius 1 is 1.23 bits per heavy atom. The highest BCUT2D eigenvalue weighted by Gasteiger charge is 2.19. The van der Waals surface area contributed by atoms with Gasteiger partial charge in [-0.25, -0.2) is 9.67 Å². The van der Waals surface area contributed by atoms with E-state index in [9.17, 15) is 0 Å². The summed E-state index contributed by atoms with van der Waals surface area (Å²) in [5.41, 5.74) is 2.60. The molecule has 3 heterocycles. The highest BCUT2D eigenvalue weighted by molar-refractivity contribution is 7.10. The van der Waals surface area contributed by atoms with Crippen LogP contribution in [0.3, 0.4) is 0 Å². The normalized spacial score (nSPS) is 17.4. The zero-order valence-electron chi connectivity index (χ0n) is 12.3. The molecule has 0 saturated carbocycles. The molecule has 4 nitrogen and oxygen atoms in total. The molecule has 1 atom stereocenters. The van der Waals surface area contributed by atoms with Crippen LogP contribution >= 0.6 is 11.3 Å². The van der Waals surface area contributed by atoms with Crippen LogP contribution in [0.4, 0.5) is 0 Å². The lowest BCUT2D eigenvalue weighted by Gasteiger charge is -2.23. The quantitative estimate of drug-likeness (QED) is 0.805. The van der Waals surface area contributed by atoms with Gasteiger partial charge in [0.05, 0.1) is 6.54 Å². The summed E-state index contributed by atoms with van der Waals surface area (Å²) in [7, 11) is 0. The maximum Gasteiger partial charge on any atom is 0.138 e. The minimum atomic E-state index is 0.483. The van der Waals surface area contributed by atoms with Crippen molar-refractivity contribution in [2.75, 3.05) is 0 Å². The third-order valence-electron chi connectivity index (χ3n) is 4.13. The SMILES string of the molecule is c1ccc(-c2csc(CN[C@H]3CCc4ncnn4C3)c2)cc1. The molecule has 0 fully saturated rings. The minimum Gasteiger partial charge on any atom is -0.307 e. The van der Waals surface area contributed by atoms with Crippen LogP contribution in [-0.2, 0) is 19.5 Å². The van der Waals surface area contributed by atoms with Gasteiger partial charge in [-0.05, 0) is 29.0 Å². The number of hydrogen-bond acceptors (Lipinski definition) is 4. The van der Waals surface area contributed by atoms with Gasteiger partial charge in [-0.15, -0.1) is 11.3 Å². The molecular weight excluding hydrogens is 292 g/mol. The monoisotopic (exact) mass is 310 g/mol. The van der Waals surface area contributed by atoms with E-state index in [1.807, 2.05) is 16.0 Å². The van der Waals surface area contributed by atoms with Crippen molar-refractivity contribution in [2.45, 2.75) is 32.0 Å². The Hall–Kier alpha value is -1.98. The van der Waals surface area contributed by atoms with E-state index in [4.69, 9.17) is 0 Å². The van der Waals surface area contributed by atoms with Gasteiger partial charge in [0.25, 0.3) is 0 Å². The molecule has 0 aliphatic carbocycles. The van der Waals surface area contributed by atoms with Crippen LogP contribution in [0.15, 0.2) is 48.1 Å². The van der Waals surface area contributed by atoms with E-state index in [0.29, 0.717) is 6.04 Å². The molecule has 4 rings (SSSR count). The fourth-order valence-electron chi connectivity index (χ4n) is 2.90. The standard InChI is InChI=1S/C17H18N4S/c1-2-4-13(5-3-1)14-8-16(22-11-14)9-18-15-6-7-17-19-12-20-21(17)10-15/h1-5,8,11-12,15,18H,6-7,9-10H2/t15-/m0/s1. The number of hydrogen-bond donors (Lipinski definition) is 1. The molecular formula is C17H18N4S. The summed E-state index contributed by atoms with van der Waals surface area (Å²) in [5.74, 6) is 1.11. The van der Waals surface area contributed by atoms with Crippen LogP contribution in [-0.4, -0.2) is 20.8 Å². The predicted molar refractivity (Wildman–Crippen MR) is 88.7 cm³/mol. The van der Waals surface area contributed by atoms with Gasteiger partial charge >= 0.3 is 0 Å². The Kier molecular flexibility index (Phi) is 3.74. The lowest BCUT2D eigenvalue weighted by atomic mass is 10.1. The van der Waals surface area contributed by atoms with Gasteiger partial charge in [-0.1, -0.05) is 30.3 Å². The highest BCUT2D eigenvalue weighted by Crippen LogP contribution is 2.25. The summed E-state index contributed by atoms with van der Waals surface area (Å²) < 4.78 is 2.02. The fraction of sp³-hybridized carbons (Fsp3) is 0.294. The molecule has 5 heteroatoms. The van der Waals surface area contributed by atoms with Gasteiger partial charge in [-0.2, -0.15) is 5.10 Å². The summed E-state index contributed by atoms with van der Waals surface area (Å²) in [6, 6.07) is 13.3. The third kappa shape index (κ3) is 2.82. The fourth-order valence-corrected chi connectivity index (χ4v) is 3.75. The molecule has 0 spiro atoms. The molecule has 3 aromatic rings. The second-order valence-corrected chi connectivity index (χ2v) is 6.64. The van der Waals surface area contributed by atoms with E-state index in [0.717, 1.165) is 31.8 Å². The number of aromatic nitrogens is 3. The molecule has 0 amide bonds. The van der Waals surface area contributed by atoms with Crippen molar-refractivity contribution in [3.8, 4) is 11.1 Å². The van der Waals surface area contributed by atoms with E-state index >= 15 is 0 Å². The van der Waals surface area contributed by atoms with E-state index in [-0.39, 0.29) is 0 Å². The largest absolute Gasteiger partial charge is 0.307 e. The number of nitrogens with zero attached hydrogens (tertiary/aromatic N) is 3. The van der Waals surface area contributed by atoms with E-state index in [1.54, 1.807) is 6.33 Å². The zero-order valence-corrected chi connectivity index (χ0v) is 13.1. The van der Waals surface area contributed by atoms with E-state index in [1.165, 1.54) is 16.0 Å². The van der Waals surface area contributed by atoms with Gasteiger partial charge in [-0.3, -0.25) is 0 Å². The average Bonchev–Trinajstić information content (AvgIpc) is 3.22. The predicted octanol–water partition coefficient (Wildman–Crippen LogP) is 3.11. The van der Waals surface area contributed by atoms with Crippen molar-refractivity contribution in [1.82, 2.24) is 20.1 Å². The number of rotatable bonds is 4. The van der Waals surface area contributed by atoms with Crippen molar-refractivity contribution >= 4 is 11.3 Å². The lowest BCUT2D eigenvalue weighted by molar-refractivity contribution is 0.359. The number of aryl methyl sites for hydroxylation is 1. The Bertz CT molecular complexity index is 747. The summed E-state index contributed by atoms with van der Waals surface area (Å²) in [6.07, 6.45) is 3.80. The molecule has 1 aliphatic rings. The van der Waals surface area contributed by atoms with Gasteiger partial charge in [0.1, 0.15) is 12.2 Å². The van der Waals surface area contributed by atoms with Gasteiger partial charge in [0.15, 0.2) is 0 Å². The third-order valence-corrected chi connectivity index (χ3v) is 5.07. The van der Waals surface area contributed by atoms with Crippen molar-refractivity contribution < 1.29 is 0 Å². The van der Waals surface area contributed by atoms with Crippen molar-refractivity contribution in [3.05, 3.63) is 58.8 Å². The summed E-state index contributed by atoms with van der Waals surface area (Å²) >= 11 is 1.82. The zero-order chi connectivity index (χ0) is 14.8. The molecule has 1 aromatic carbocycles. The molecule has 0 saturated heterocycles. The first-order chi connectivity index (χ1) is 10.9. The van der Waals surface area contributed by atoms with Crippen molar-refractivity contribution in [1.29, 1.82) is 0 Å². The van der Waals surface area contributed by atoms with E-state index < -0.39 is 0 Å². The molecule has 1 aliphatic heterocycles. The van der Waals surface area contributed by atoms with Crippen LogP contribution in [0, 0.1) is 0 Å². The lowest BCUT2D eigenvalue weighted by Crippen LogP contribution is -2.37. The topological polar surface area (TPSA) is 42.7 Å². The van der Waals surface area contributed by atoms with Crippen LogP contribution < -0.4 is 5.32 Å². The van der Waals surface area contributed by atoms with Crippen molar-refractivity contribution in [2.24, 2.45) is 0 Å². The summed E-state index contributed by atoms with van der Waals surface area (Å²) in [6.45, 7) is 1.85. The second-order valence-electron chi connectivity index (χ2n) is 5.64. The molecule has 0 radical (unpaired) electrons. The Morgan fingerprint density at radius 2 is 2.14 bits per heavy atom. The van der Waals surface area contributed by atoms with Gasteiger partial charge in [0.2, 0.25) is 0 Å². The molecule has 22 heavy (non-hydrogen) atoms. The number of thiophene rings is 1. The van der Waals surface area contributed by atoms with Gasteiger partial charge < -0.3 is 5.32 Å². The van der Waals surface area contributed by atoms with Crippen LogP contribution in [0.25, 0.3) is 11.1 Å².